The van der Waals surface area contributed by atoms with Crippen molar-refractivity contribution >= 4 is 73.7 Å². The maximum absolute atomic E-state index is 11.3. The fourth-order valence-corrected chi connectivity index (χ4v) is 3.38. The summed E-state index contributed by atoms with van der Waals surface area (Å²) in [7, 11) is 1.61. The van der Waals surface area contributed by atoms with Crippen LogP contribution in [-0.2, 0) is 9.05 Å². The van der Waals surface area contributed by atoms with E-state index in [1.165, 1.54) is 23.9 Å². The predicted octanol–water partition coefficient (Wildman–Crippen LogP) is 3.41. The number of benzene rings is 2. The van der Waals surface area contributed by atoms with E-state index in [2.05, 4.69) is 12.6 Å². The van der Waals surface area contributed by atoms with E-state index < -0.39 is 9.05 Å². The summed E-state index contributed by atoms with van der Waals surface area (Å²) >= 11 is 5.76. The van der Waals surface area contributed by atoms with Crippen LogP contribution in [0.2, 0.25) is 0 Å². The average molecular weight is 341 g/mol. The molecule has 0 unspecified atom stereocenters. The Kier molecular flexibility index (Phi) is 6.79. The van der Waals surface area contributed by atoms with E-state index in [1.807, 2.05) is 30.3 Å². The molecule has 0 heterocycles. The fourth-order valence-electron chi connectivity index (χ4n) is 1.34. The normalized spacial score (nSPS) is 10.8. The van der Waals surface area contributed by atoms with Gasteiger partial charge >= 0.3 is 29.6 Å². The molecular weight excluding hydrogens is 331 g/mol. The average Bonchev–Trinajstić information content (AvgIpc) is 2.32. The maximum atomic E-state index is 11.3. The van der Waals surface area contributed by atoms with Gasteiger partial charge in [-0.3, -0.25) is 0 Å². The van der Waals surface area contributed by atoms with Crippen LogP contribution in [0.1, 0.15) is 0 Å². The summed E-state index contributed by atoms with van der Waals surface area (Å²) in [6.07, 6.45) is 0. The number of hydrogen-bond donors (Lipinski definition) is 1. The fraction of sp³-hybridized carbons (Fsp3) is 0. The topological polar surface area (TPSA) is 34.1 Å². The van der Waals surface area contributed by atoms with Gasteiger partial charge < -0.3 is 0 Å². The predicted molar refractivity (Wildman–Crippen MR) is 84.4 cm³/mol. The zero-order chi connectivity index (χ0) is 13.2. The SMILES string of the molecule is O=S(=O)(Cl)c1ccc(S)c(Sc2ccccc2)c1.[NaH]. The van der Waals surface area contributed by atoms with Crippen molar-refractivity contribution in [1.29, 1.82) is 0 Å². The second kappa shape index (κ2) is 7.41. The molecule has 19 heavy (non-hydrogen) atoms. The van der Waals surface area contributed by atoms with Crippen LogP contribution < -0.4 is 0 Å². The Hall–Kier alpha value is 0.380. The minimum atomic E-state index is -3.71. The molecule has 0 N–H and O–H groups in total. The van der Waals surface area contributed by atoms with E-state index in [1.54, 1.807) is 6.07 Å². The van der Waals surface area contributed by atoms with E-state index >= 15 is 0 Å². The van der Waals surface area contributed by atoms with Crippen LogP contribution in [0.4, 0.5) is 0 Å². The molecule has 0 fully saturated rings. The Morgan fingerprint density at radius 2 is 1.68 bits per heavy atom. The van der Waals surface area contributed by atoms with E-state index in [9.17, 15) is 8.42 Å². The van der Waals surface area contributed by atoms with Crippen molar-refractivity contribution in [2.24, 2.45) is 0 Å². The van der Waals surface area contributed by atoms with Crippen molar-refractivity contribution in [1.82, 2.24) is 0 Å². The van der Waals surface area contributed by atoms with Gasteiger partial charge in [0.2, 0.25) is 0 Å². The zero-order valence-electron chi connectivity index (χ0n) is 9.08. The molecule has 7 heteroatoms. The first-order valence-corrected chi connectivity index (χ1v) is 8.55. The van der Waals surface area contributed by atoms with Gasteiger partial charge in [-0.1, -0.05) is 30.0 Å². The molecule has 0 aliphatic rings. The van der Waals surface area contributed by atoms with Crippen LogP contribution in [0, 0.1) is 0 Å². The Labute approximate surface area is 149 Å². The molecule has 2 aromatic carbocycles. The first-order chi connectivity index (χ1) is 8.47. The summed E-state index contributed by atoms with van der Waals surface area (Å²) in [6, 6.07) is 14.3. The molecule has 2 rings (SSSR count). The monoisotopic (exact) mass is 340 g/mol. The minimum absolute atomic E-state index is 0. The molecule has 2 aromatic rings. The van der Waals surface area contributed by atoms with Gasteiger partial charge in [-0.15, -0.1) is 12.6 Å². The van der Waals surface area contributed by atoms with Crippen LogP contribution in [-0.4, -0.2) is 38.0 Å². The molecule has 0 aliphatic carbocycles. The Morgan fingerprint density at radius 3 is 2.26 bits per heavy atom. The van der Waals surface area contributed by atoms with Crippen molar-refractivity contribution in [2.75, 3.05) is 0 Å². The van der Waals surface area contributed by atoms with E-state index in [0.29, 0.717) is 4.90 Å². The number of thiol groups is 1. The molecular formula is C12H10ClNaO2S3. The molecule has 0 atom stereocenters. The molecule has 0 saturated carbocycles. The van der Waals surface area contributed by atoms with Crippen molar-refractivity contribution in [3.63, 3.8) is 0 Å². The van der Waals surface area contributed by atoms with Crippen molar-refractivity contribution in [3.05, 3.63) is 48.5 Å². The zero-order valence-corrected chi connectivity index (χ0v) is 12.4. The summed E-state index contributed by atoms with van der Waals surface area (Å²) in [6.45, 7) is 0. The van der Waals surface area contributed by atoms with Gasteiger partial charge in [-0.25, -0.2) is 8.42 Å². The molecule has 0 spiro atoms. The Morgan fingerprint density at radius 1 is 1.05 bits per heavy atom. The Bertz CT molecular complexity index is 660. The number of rotatable bonds is 3. The third kappa shape index (κ3) is 5.01. The second-order valence-corrected chi connectivity index (χ2v) is 7.65. The van der Waals surface area contributed by atoms with Gasteiger partial charge in [0.05, 0.1) is 4.90 Å². The molecule has 0 aliphatic heterocycles. The summed E-state index contributed by atoms with van der Waals surface area (Å²) in [5.74, 6) is 0. The van der Waals surface area contributed by atoms with Crippen LogP contribution >= 0.6 is 35.1 Å². The van der Waals surface area contributed by atoms with Crippen LogP contribution in [0.25, 0.3) is 0 Å². The third-order valence-corrected chi connectivity index (χ3v) is 5.14. The van der Waals surface area contributed by atoms with E-state index in [0.717, 1.165) is 9.79 Å². The first kappa shape index (κ1) is 17.4. The summed E-state index contributed by atoms with van der Waals surface area (Å²) in [4.78, 5) is 2.57. The number of halogens is 1. The van der Waals surface area contributed by atoms with Gasteiger partial charge in [0, 0.05) is 25.4 Å². The molecule has 0 saturated heterocycles. The molecule has 0 amide bonds. The van der Waals surface area contributed by atoms with Crippen LogP contribution in [0.3, 0.4) is 0 Å². The molecule has 0 aromatic heterocycles. The van der Waals surface area contributed by atoms with E-state index in [-0.39, 0.29) is 34.5 Å². The van der Waals surface area contributed by atoms with Crippen molar-refractivity contribution in [3.8, 4) is 0 Å². The van der Waals surface area contributed by atoms with Gasteiger partial charge in [-0.2, -0.15) is 0 Å². The Balaban J connectivity index is 0.00000180. The first-order valence-electron chi connectivity index (χ1n) is 4.97. The van der Waals surface area contributed by atoms with E-state index in [4.69, 9.17) is 10.7 Å². The van der Waals surface area contributed by atoms with Gasteiger partial charge in [0.15, 0.2) is 0 Å². The summed E-state index contributed by atoms with van der Waals surface area (Å²) < 4.78 is 22.6. The molecule has 2 nitrogen and oxygen atoms in total. The standard InChI is InChI=1S/C12H9ClO2S3.Na.H/c13-18(14,15)10-6-7-11(16)12(8-10)17-9-4-2-1-3-5-9;;/h1-8,16H;;. The molecule has 96 valence electrons. The van der Waals surface area contributed by atoms with Crippen LogP contribution in [0.15, 0.2) is 68.1 Å². The van der Waals surface area contributed by atoms with Gasteiger partial charge in [0.1, 0.15) is 0 Å². The number of hydrogen-bond acceptors (Lipinski definition) is 4. The van der Waals surface area contributed by atoms with Crippen molar-refractivity contribution < 1.29 is 8.42 Å². The molecule has 0 radical (unpaired) electrons. The van der Waals surface area contributed by atoms with Gasteiger partial charge in [-0.05, 0) is 30.3 Å². The quantitative estimate of drug-likeness (QED) is 0.528. The second-order valence-electron chi connectivity index (χ2n) is 3.48. The summed E-state index contributed by atoms with van der Waals surface area (Å²) in [5.41, 5.74) is 0. The molecule has 0 bridgehead atoms. The van der Waals surface area contributed by atoms with Gasteiger partial charge in [0.25, 0.3) is 9.05 Å². The third-order valence-electron chi connectivity index (χ3n) is 2.18. The summed E-state index contributed by atoms with van der Waals surface area (Å²) in [5, 5.41) is 0. The van der Waals surface area contributed by atoms with Crippen LogP contribution in [0.5, 0.6) is 0 Å². The van der Waals surface area contributed by atoms with Crippen molar-refractivity contribution in [2.45, 2.75) is 19.6 Å².